The SMILES string of the molecule is COc1ccc(N2C[C@H](C(=O)N3C[C@H]4C[C@H](C3)c3cccc(=O)n3C4)CC2=O)cc1Cl. The maximum atomic E-state index is 13.3. The first-order valence-electron chi connectivity index (χ1n) is 10.6. The number of amides is 2. The number of fused-ring (bicyclic) bond motifs is 4. The molecule has 1 aromatic carbocycles. The minimum Gasteiger partial charge on any atom is -0.495 e. The average molecular weight is 442 g/mol. The van der Waals surface area contributed by atoms with Crippen LogP contribution in [0.4, 0.5) is 5.69 Å². The molecule has 2 amide bonds. The van der Waals surface area contributed by atoms with Gasteiger partial charge in [-0.2, -0.15) is 0 Å². The lowest BCUT2D eigenvalue weighted by Gasteiger charge is -2.43. The highest BCUT2D eigenvalue weighted by Crippen LogP contribution is 2.37. The number of hydrogen-bond acceptors (Lipinski definition) is 4. The Morgan fingerprint density at radius 2 is 1.94 bits per heavy atom. The van der Waals surface area contributed by atoms with Crippen LogP contribution in [0.15, 0.2) is 41.2 Å². The number of halogens is 1. The number of carbonyl (C=O) groups excluding carboxylic acids is 2. The Bertz CT molecular complexity index is 1110. The van der Waals surface area contributed by atoms with Gasteiger partial charge in [-0.05, 0) is 36.6 Å². The van der Waals surface area contributed by atoms with Crippen molar-refractivity contribution in [2.24, 2.45) is 11.8 Å². The summed E-state index contributed by atoms with van der Waals surface area (Å²) in [5.41, 5.74) is 1.72. The number of methoxy groups -OCH3 is 1. The zero-order valence-corrected chi connectivity index (χ0v) is 18.0. The summed E-state index contributed by atoms with van der Waals surface area (Å²) >= 11 is 6.22. The Morgan fingerprint density at radius 1 is 1.10 bits per heavy atom. The number of hydrogen-bond donors (Lipinski definition) is 0. The van der Waals surface area contributed by atoms with Crippen LogP contribution in [0.2, 0.25) is 5.02 Å². The van der Waals surface area contributed by atoms with Crippen LogP contribution in [0.1, 0.15) is 24.5 Å². The molecule has 0 radical (unpaired) electrons. The summed E-state index contributed by atoms with van der Waals surface area (Å²) in [5.74, 6) is 0.558. The molecule has 0 spiro atoms. The topological polar surface area (TPSA) is 71.8 Å². The number of nitrogens with zero attached hydrogens (tertiary/aromatic N) is 3. The molecule has 0 unspecified atom stereocenters. The van der Waals surface area contributed by atoms with Crippen molar-refractivity contribution in [3.05, 3.63) is 57.5 Å². The van der Waals surface area contributed by atoms with E-state index in [2.05, 4.69) is 0 Å². The third kappa shape index (κ3) is 3.51. The first-order chi connectivity index (χ1) is 14.9. The molecular formula is C23H24ClN3O4. The van der Waals surface area contributed by atoms with Gasteiger partial charge in [0.1, 0.15) is 5.75 Å². The van der Waals surface area contributed by atoms with Crippen LogP contribution in [0.5, 0.6) is 5.75 Å². The zero-order chi connectivity index (χ0) is 21.7. The Hall–Kier alpha value is -2.80. The van der Waals surface area contributed by atoms with Crippen LogP contribution in [0.3, 0.4) is 0 Å². The van der Waals surface area contributed by atoms with Crippen molar-refractivity contribution < 1.29 is 14.3 Å². The molecule has 162 valence electrons. The van der Waals surface area contributed by atoms with Gasteiger partial charge in [-0.25, -0.2) is 0 Å². The van der Waals surface area contributed by atoms with Crippen molar-refractivity contribution in [2.75, 3.05) is 31.6 Å². The minimum absolute atomic E-state index is 0.0249. The van der Waals surface area contributed by atoms with Gasteiger partial charge < -0.3 is 19.1 Å². The minimum atomic E-state index is -0.370. The van der Waals surface area contributed by atoms with E-state index in [0.717, 1.165) is 12.1 Å². The van der Waals surface area contributed by atoms with E-state index >= 15 is 0 Å². The smallest absolute Gasteiger partial charge is 0.250 e. The van der Waals surface area contributed by atoms with E-state index in [4.69, 9.17) is 16.3 Å². The van der Waals surface area contributed by atoms with Crippen molar-refractivity contribution >= 4 is 29.1 Å². The number of piperidine rings is 1. The standard InChI is InChI=1S/C23H24ClN3O4/c1-31-20-6-5-17(9-18(20)24)26-13-16(8-22(26)29)23(30)25-10-14-7-15(12-25)19-3-2-4-21(28)27(19)11-14/h2-6,9,14-16H,7-8,10-13H2,1H3/t14-,15-,16-/m1/s1. The lowest BCUT2D eigenvalue weighted by Crippen LogP contribution is -2.50. The van der Waals surface area contributed by atoms with Gasteiger partial charge in [-0.1, -0.05) is 17.7 Å². The molecule has 3 aliphatic heterocycles. The van der Waals surface area contributed by atoms with E-state index in [1.807, 2.05) is 15.5 Å². The molecule has 0 saturated carbocycles. The second-order valence-electron chi connectivity index (χ2n) is 8.67. The molecule has 2 saturated heterocycles. The third-order valence-electron chi connectivity index (χ3n) is 6.71. The van der Waals surface area contributed by atoms with Crippen LogP contribution >= 0.6 is 11.6 Å². The monoisotopic (exact) mass is 441 g/mol. The highest BCUT2D eigenvalue weighted by Gasteiger charge is 2.41. The summed E-state index contributed by atoms with van der Waals surface area (Å²) < 4.78 is 7.04. The molecule has 31 heavy (non-hydrogen) atoms. The van der Waals surface area contributed by atoms with Gasteiger partial charge in [0.2, 0.25) is 11.8 Å². The average Bonchev–Trinajstić information content (AvgIpc) is 3.15. The summed E-state index contributed by atoms with van der Waals surface area (Å²) in [6.07, 6.45) is 1.19. The van der Waals surface area contributed by atoms with Crippen LogP contribution in [-0.2, 0) is 16.1 Å². The van der Waals surface area contributed by atoms with E-state index in [1.54, 1.807) is 42.3 Å². The number of ether oxygens (including phenoxy) is 1. The van der Waals surface area contributed by atoms with Gasteiger partial charge in [0.25, 0.3) is 5.56 Å². The molecule has 0 aliphatic carbocycles. The van der Waals surface area contributed by atoms with Gasteiger partial charge in [0.15, 0.2) is 0 Å². The number of pyridine rings is 1. The first-order valence-corrected chi connectivity index (χ1v) is 10.9. The molecule has 2 bridgehead atoms. The molecule has 2 aromatic rings. The van der Waals surface area contributed by atoms with E-state index in [-0.39, 0.29) is 41.5 Å². The van der Waals surface area contributed by atoms with Crippen molar-refractivity contribution in [3.63, 3.8) is 0 Å². The number of rotatable bonds is 3. The van der Waals surface area contributed by atoms with E-state index in [9.17, 15) is 14.4 Å². The predicted octanol–water partition coefficient (Wildman–Crippen LogP) is 2.51. The molecule has 3 atom stereocenters. The number of aromatic nitrogens is 1. The Morgan fingerprint density at radius 3 is 2.71 bits per heavy atom. The Labute approximate surface area is 185 Å². The van der Waals surface area contributed by atoms with Crippen molar-refractivity contribution in [1.29, 1.82) is 0 Å². The fourth-order valence-corrected chi connectivity index (χ4v) is 5.53. The van der Waals surface area contributed by atoms with Gasteiger partial charge in [-0.15, -0.1) is 0 Å². The second kappa shape index (κ2) is 7.71. The zero-order valence-electron chi connectivity index (χ0n) is 17.3. The number of carbonyl (C=O) groups is 2. The molecule has 5 rings (SSSR count). The Balaban J connectivity index is 1.32. The van der Waals surface area contributed by atoms with E-state index in [1.165, 1.54) is 0 Å². The maximum absolute atomic E-state index is 13.3. The first kappa shape index (κ1) is 20.1. The fraction of sp³-hybridized carbons (Fsp3) is 0.435. The van der Waals surface area contributed by atoms with Crippen molar-refractivity contribution in [3.8, 4) is 5.75 Å². The summed E-state index contributed by atoms with van der Waals surface area (Å²) in [4.78, 5) is 41.8. The molecule has 3 aliphatic rings. The van der Waals surface area contributed by atoms with Gasteiger partial charge in [-0.3, -0.25) is 14.4 Å². The van der Waals surface area contributed by atoms with Crippen LogP contribution in [0.25, 0.3) is 0 Å². The van der Waals surface area contributed by atoms with E-state index in [0.29, 0.717) is 42.6 Å². The quantitative estimate of drug-likeness (QED) is 0.733. The van der Waals surface area contributed by atoms with Crippen LogP contribution in [0, 0.1) is 11.8 Å². The largest absolute Gasteiger partial charge is 0.495 e. The predicted molar refractivity (Wildman–Crippen MR) is 117 cm³/mol. The van der Waals surface area contributed by atoms with Gasteiger partial charge in [0, 0.05) is 56.0 Å². The van der Waals surface area contributed by atoms with Crippen LogP contribution in [-0.4, -0.2) is 48.0 Å². The fourth-order valence-electron chi connectivity index (χ4n) is 5.28. The number of benzene rings is 1. The summed E-state index contributed by atoms with van der Waals surface area (Å²) in [7, 11) is 1.54. The van der Waals surface area contributed by atoms with Gasteiger partial charge in [0.05, 0.1) is 18.1 Å². The normalized spacial score (nSPS) is 24.8. The Kier molecular flexibility index (Phi) is 5.01. The molecule has 2 fully saturated rings. The molecule has 1 aromatic heterocycles. The summed E-state index contributed by atoms with van der Waals surface area (Å²) in [6.45, 7) is 2.23. The molecule has 0 N–H and O–H groups in total. The van der Waals surface area contributed by atoms with Gasteiger partial charge >= 0.3 is 0 Å². The molecule has 8 heteroatoms. The summed E-state index contributed by atoms with van der Waals surface area (Å²) in [5, 5.41) is 0.431. The second-order valence-corrected chi connectivity index (χ2v) is 9.07. The highest BCUT2D eigenvalue weighted by molar-refractivity contribution is 6.32. The van der Waals surface area contributed by atoms with Crippen LogP contribution < -0.4 is 15.2 Å². The molecular weight excluding hydrogens is 418 g/mol. The van der Waals surface area contributed by atoms with Crippen molar-refractivity contribution in [2.45, 2.75) is 25.3 Å². The van der Waals surface area contributed by atoms with Crippen molar-refractivity contribution in [1.82, 2.24) is 9.47 Å². The maximum Gasteiger partial charge on any atom is 0.250 e. The lowest BCUT2D eigenvalue weighted by atomic mass is 9.82. The molecule has 4 heterocycles. The summed E-state index contributed by atoms with van der Waals surface area (Å²) in [6, 6.07) is 10.6. The van der Waals surface area contributed by atoms with E-state index < -0.39 is 0 Å². The highest BCUT2D eigenvalue weighted by atomic mass is 35.5. The number of likely N-dealkylation sites (tertiary alicyclic amines) is 1. The third-order valence-corrected chi connectivity index (χ3v) is 7.01. The molecule has 7 nitrogen and oxygen atoms in total. The lowest BCUT2D eigenvalue weighted by molar-refractivity contribution is -0.138. The number of anilines is 1.